The van der Waals surface area contributed by atoms with Crippen molar-refractivity contribution in [2.75, 3.05) is 33.4 Å². The fourth-order valence-electron chi connectivity index (χ4n) is 3.66. The summed E-state index contributed by atoms with van der Waals surface area (Å²) in [5.74, 6) is 2.47. The lowest BCUT2D eigenvalue weighted by Gasteiger charge is -2.26. The molecular formula is C14H25NO3. The van der Waals surface area contributed by atoms with E-state index in [0.717, 1.165) is 11.8 Å². The van der Waals surface area contributed by atoms with E-state index in [2.05, 4.69) is 0 Å². The summed E-state index contributed by atoms with van der Waals surface area (Å²) in [6.07, 6.45) is 5.95. The molecule has 1 amide bonds. The lowest BCUT2D eigenvalue weighted by molar-refractivity contribution is -0.133. The van der Waals surface area contributed by atoms with Gasteiger partial charge in [0.1, 0.15) is 0 Å². The minimum Gasteiger partial charge on any atom is -0.395 e. The molecule has 0 aliphatic heterocycles. The molecule has 2 saturated carbocycles. The van der Waals surface area contributed by atoms with Gasteiger partial charge in [0.25, 0.3) is 0 Å². The Hall–Kier alpha value is -0.610. The summed E-state index contributed by atoms with van der Waals surface area (Å²) < 4.78 is 5.01. The zero-order valence-electron chi connectivity index (χ0n) is 11.3. The molecule has 0 aromatic rings. The van der Waals surface area contributed by atoms with Crippen LogP contribution in [0.4, 0.5) is 0 Å². The van der Waals surface area contributed by atoms with E-state index >= 15 is 0 Å². The van der Waals surface area contributed by atoms with Crippen LogP contribution in [0, 0.1) is 17.8 Å². The highest BCUT2D eigenvalue weighted by Gasteiger charge is 2.40. The zero-order chi connectivity index (χ0) is 13.0. The van der Waals surface area contributed by atoms with Gasteiger partial charge in [0, 0.05) is 26.6 Å². The first-order valence-electron chi connectivity index (χ1n) is 7.12. The van der Waals surface area contributed by atoms with Gasteiger partial charge >= 0.3 is 0 Å². The summed E-state index contributed by atoms with van der Waals surface area (Å²) >= 11 is 0. The number of methoxy groups -OCH3 is 1. The molecule has 2 rings (SSSR count). The van der Waals surface area contributed by atoms with Crippen LogP contribution < -0.4 is 0 Å². The summed E-state index contributed by atoms with van der Waals surface area (Å²) in [6, 6.07) is 0. The predicted octanol–water partition coefficient (Wildman–Crippen LogP) is 1.28. The molecule has 4 heteroatoms. The van der Waals surface area contributed by atoms with E-state index in [0.29, 0.717) is 32.0 Å². The molecule has 4 nitrogen and oxygen atoms in total. The minimum atomic E-state index is 0.0339. The highest BCUT2D eigenvalue weighted by atomic mass is 16.5. The summed E-state index contributed by atoms with van der Waals surface area (Å²) in [7, 11) is 1.64. The van der Waals surface area contributed by atoms with Gasteiger partial charge in [0.05, 0.1) is 13.2 Å². The summed E-state index contributed by atoms with van der Waals surface area (Å²) in [5, 5.41) is 9.02. The number of aliphatic hydroxyl groups excluding tert-OH is 1. The number of rotatable bonds is 7. The molecule has 0 radical (unpaired) electrons. The van der Waals surface area contributed by atoms with E-state index in [9.17, 15) is 4.79 Å². The van der Waals surface area contributed by atoms with Crippen molar-refractivity contribution in [2.24, 2.45) is 17.8 Å². The Morgan fingerprint density at radius 2 is 2.17 bits per heavy atom. The van der Waals surface area contributed by atoms with Gasteiger partial charge in [-0.2, -0.15) is 0 Å². The number of aliphatic hydroxyl groups is 1. The van der Waals surface area contributed by atoms with E-state index < -0.39 is 0 Å². The number of ether oxygens (including phenoxy) is 1. The Morgan fingerprint density at radius 1 is 1.33 bits per heavy atom. The smallest absolute Gasteiger partial charge is 0.223 e. The van der Waals surface area contributed by atoms with E-state index in [4.69, 9.17) is 9.84 Å². The molecular weight excluding hydrogens is 230 g/mol. The molecule has 0 heterocycles. The molecule has 18 heavy (non-hydrogen) atoms. The first kappa shape index (κ1) is 13.8. The van der Waals surface area contributed by atoms with Gasteiger partial charge in [-0.05, 0) is 37.0 Å². The maximum Gasteiger partial charge on any atom is 0.223 e. The van der Waals surface area contributed by atoms with Crippen LogP contribution in [0.25, 0.3) is 0 Å². The van der Waals surface area contributed by atoms with Crippen LogP contribution in [0.15, 0.2) is 0 Å². The van der Waals surface area contributed by atoms with Gasteiger partial charge < -0.3 is 14.7 Å². The second-order valence-electron chi connectivity index (χ2n) is 5.74. The quantitative estimate of drug-likeness (QED) is 0.745. The number of amides is 1. The van der Waals surface area contributed by atoms with Crippen molar-refractivity contribution in [3.63, 3.8) is 0 Å². The van der Waals surface area contributed by atoms with Crippen LogP contribution in [0.1, 0.15) is 32.1 Å². The van der Waals surface area contributed by atoms with Gasteiger partial charge in [-0.1, -0.05) is 6.42 Å². The van der Waals surface area contributed by atoms with Crippen molar-refractivity contribution in [1.82, 2.24) is 4.90 Å². The highest BCUT2D eigenvalue weighted by Crippen LogP contribution is 2.49. The molecule has 2 aliphatic carbocycles. The zero-order valence-corrected chi connectivity index (χ0v) is 11.3. The van der Waals surface area contributed by atoms with Gasteiger partial charge in [0.2, 0.25) is 5.91 Å². The maximum atomic E-state index is 12.2. The molecule has 0 aromatic carbocycles. The predicted molar refractivity (Wildman–Crippen MR) is 69.1 cm³/mol. The Kier molecular flexibility index (Phi) is 5.01. The monoisotopic (exact) mass is 255 g/mol. The van der Waals surface area contributed by atoms with E-state index in [1.54, 1.807) is 12.0 Å². The SMILES string of the molecule is COCCN(CCO)C(=O)CC1CC2CCC1C2. The number of fused-ring (bicyclic) bond motifs is 2. The average Bonchev–Trinajstić information content (AvgIpc) is 2.96. The number of hydrogen-bond donors (Lipinski definition) is 1. The molecule has 2 aliphatic rings. The van der Waals surface area contributed by atoms with Crippen LogP contribution in [0.5, 0.6) is 0 Å². The third kappa shape index (κ3) is 3.23. The number of carbonyl (C=O) groups is 1. The normalized spacial score (nSPS) is 29.8. The summed E-state index contributed by atoms with van der Waals surface area (Å²) in [6.45, 7) is 1.61. The van der Waals surface area contributed by atoms with Crippen LogP contribution >= 0.6 is 0 Å². The molecule has 0 saturated heterocycles. The van der Waals surface area contributed by atoms with Crippen LogP contribution in [0.2, 0.25) is 0 Å². The topological polar surface area (TPSA) is 49.8 Å². The van der Waals surface area contributed by atoms with E-state index in [-0.39, 0.29) is 12.5 Å². The van der Waals surface area contributed by atoms with Crippen molar-refractivity contribution in [2.45, 2.75) is 32.1 Å². The summed E-state index contributed by atoms with van der Waals surface area (Å²) in [4.78, 5) is 14.0. The van der Waals surface area contributed by atoms with E-state index in [1.807, 2.05) is 0 Å². The molecule has 2 fully saturated rings. The van der Waals surface area contributed by atoms with Crippen LogP contribution in [-0.4, -0.2) is 49.3 Å². The number of hydrogen-bond acceptors (Lipinski definition) is 3. The Morgan fingerprint density at radius 3 is 2.72 bits per heavy atom. The first-order chi connectivity index (χ1) is 8.74. The fraction of sp³-hybridized carbons (Fsp3) is 0.929. The van der Waals surface area contributed by atoms with Crippen molar-refractivity contribution < 1.29 is 14.6 Å². The number of carbonyl (C=O) groups excluding carboxylic acids is 1. The lowest BCUT2D eigenvalue weighted by atomic mass is 9.86. The second kappa shape index (κ2) is 6.53. The van der Waals surface area contributed by atoms with Crippen molar-refractivity contribution in [3.8, 4) is 0 Å². The molecule has 1 N–H and O–H groups in total. The van der Waals surface area contributed by atoms with Gasteiger partial charge in [-0.25, -0.2) is 0 Å². The molecule has 2 bridgehead atoms. The molecule has 104 valence electrons. The van der Waals surface area contributed by atoms with E-state index in [1.165, 1.54) is 25.7 Å². The van der Waals surface area contributed by atoms with Crippen LogP contribution in [-0.2, 0) is 9.53 Å². The first-order valence-corrected chi connectivity index (χ1v) is 7.12. The van der Waals surface area contributed by atoms with Crippen LogP contribution in [0.3, 0.4) is 0 Å². The van der Waals surface area contributed by atoms with Crippen molar-refractivity contribution >= 4 is 5.91 Å². The Balaban J connectivity index is 1.80. The fourth-order valence-corrected chi connectivity index (χ4v) is 3.66. The largest absolute Gasteiger partial charge is 0.395 e. The van der Waals surface area contributed by atoms with Gasteiger partial charge in [-0.15, -0.1) is 0 Å². The lowest BCUT2D eigenvalue weighted by Crippen LogP contribution is -2.37. The maximum absolute atomic E-state index is 12.2. The minimum absolute atomic E-state index is 0.0339. The molecule has 0 aromatic heterocycles. The molecule has 3 unspecified atom stereocenters. The standard InChI is InChI=1S/C14H25NO3/c1-18-7-5-15(4-6-16)14(17)10-13-9-11-2-3-12(13)8-11/h11-13,16H,2-10H2,1H3. The third-order valence-electron chi connectivity index (χ3n) is 4.61. The van der Waals surface area contributed by atoms with Gasteiger partial charge in [-0.3, -0.25) is 4.79 Å². The average molecular weight is 255 g/mol. The highest BCUT2D eigenvalue weighted by molar-refractivity contribution is 5.76. The van der Waals surface area contributed by atoms with Crippen molar-refractivity contribution in [1.29, 1.82) is 0 Å². The number of nitrogens with zero attached hydrogens (tertiary/aromatic N) is 1. The van der Waals surface area contributed by atoms with Gasteiger partial charge in [0.15, 0.2) is 0 Å². The molecule has 3 atom stereocenters. The van der Waals surface area contributed by atoms with Crippen molar-refractivity contribution in [3.05, 3.63) is 0 Å². The third-order valence-corrected chi connectivity index (χ3v) is 4.61. The second-order valence-corrected chi connectivity index (χ2v) is 5.74. The summed E-state index contributed by atoms with van der Waals surface area (Å²) in [5.41, 5.74) is 0. The molecule has 0 spiro atoms. The Labute approximate surface area is 109 Å². The Bertz CT molecular complexity index is 282.